The molecule has 1 aromatic rings. The number of aromatic nitrogens is 1. The minimum atomic E-state index is -0.740. The Kier molecular flexibility index (Phi) is 1.81. The molecule has 1 aliphatic rings. The minimum absolute atomic E-state index is 0.155. The van der Waals surface area contributed by atoms with Crippen LogP contribution >= 0.6 is 0 Å². The number of aliphatic hydroxyl groups excluding tert-OH is 1. The van der Waals surface area contributed by atoms with Gasteiger partial charge in [0.2, 0.25) is 5.88 Å². The molecule has 5 heteroatoms. The van der Waals surface area contributed by atoms with E-state index in [9.17, 15) is 9.50 Å². The first-order valence-corrected chi connectivity index (χ1v) is 3.88. The number of rotatable bonds is 0. The van der Waals surface area contributed by atoms with Gasteiger partial charge in [-0.1, -0.05) is 0 Å². The Morgan fingerprint density at radius 3 is 3.31 bits per heavy atom. The molecule has 2 rings (SSSR count). The van der Waals surface area contributed by atoms with Crippen molar-refractivity contribution in [2.75, 3.05) is 18.6 Å². The Bertz CT molecular complexity index is 332. The third-order valence-electron chi connectivity index (χ3n) is 2.00. The summed E-state index contributed by atoms with van der Waals surface area (Å²) in [6.45, 7) is 0.155. The van der Waals surface area contributed by atoms with Gasteiger partial charge in [-0.05, 0) is 0 Å². The summed E-state index contributed by atoms with van der Waals surface area (Å²) < 4.78 is 17.9. The van der Waals surface area contributed by atoms with Gasteiger partial charge in [0.15, 0.2) is 6.23 Å². The first-order valence-electron chi connectivity index (χ1n) is 3.88. The second-order valence-corrected chi connectivity index (χ2v) is 2.88. The van der Waals surface area contributed by atoms with Crippen molar-refractivity contribution >= 4 is 5.69 Å². The molecule has 0 amide bonds. The lowest BCUT2D eigenvalue weighted by Gasteiger charge is -2.31. The molecule has 0 radical (unpaired) electrons. The van der Waals surface area contributed by atoms with Crippen LogP contribution in [0, 0.1) is 5.82 Å². The molecule has 0 aliphatic carbocycles. The number of hydrogen-bond donors (Lipinski definition) is 1. The van der Waals surface area contributed by atoms with Gasteiger partial charge in [-0.25, -0.2) is 9.37 Å². The van der Waals surface area contributed by atoms with Crippen molar-refractivity contribution in [3.63, 3.8) is 0 Å². The van der Waals surface area contributed by atoms with Crippen LogP contribution < -0.4 is 9.64 Å². The molecule has 2 heterocycles. The summed E-state index contributed by atoms with van der Waals surface area (Å²) in [5.41, 5.74) is 0.471. The van der Waals surface area contributed by atoms with Crippen LogP contribution in [-0.2, 0) is 0 Å². The molecule has 0 spiro atoms. The first kappa shape index (κ1) is 8.25. The average molecular weight is 184 g/mol. The van der Waals surface area contributed by atoms with E-state index in [0.29, 0.717) is 11.6 Å². The summed E-state index contributed by atoms with van der Waals surface area (Å²) in [4.78, 5) is 5.28. The summed E-state index contributed by atoms with van der Waals surface area (Å²) >= 11 is 0. The monoisotopic (exact) mass is 184 g/mol. The Morgan fingerprint density at radius 2 is 2.54 bits per heavy atom. The lowest BCUT2D eigenvalue weighted by atomic mass is 10.3. The zero-order chi connectivity index (χ0) is 9.42. The van der Waals surface area contributed by atoms with E-state index in [1.807, 2.05) is 0 Å². The number of hydrogen-bond acceptors (Lipinski definition) is 4. The molecule has 0 fully saturated rings. The Labute approximate surface area is 74.6 Å². The second-order valence-electron chi connectivity index (χ2n) is 2.88. The minimum Gasteiger partial charge on any atom is -0.471 e. The zero-order valence-electron chi connectivity index (χ0n) is 7.07. The topological polar surface area (TPSA) is 45.6 Å². The number of nitrogens with zero attached hydrogens (tertiary/aromatic N) is 2. The molecule has 1 N–H and O–H groups in total. The molecule has 0 saturated carbocycles. The van der Waals surface area contributed by atoms with Crippen molar-refractivity contribution in [3.8, 4) is 5.88 Å². The van der Waals surface area contributed by atoms with Crippen LogP contribution in [0.4, 0.5) is 10.1 Å². The summed E-state index contributed by atoms with van der Waals surface area (Å²) in [5.74, 6) is -0.0856. The molecule has 0 bridgehead atoms. The maximum atomic E-state index is 12.8. The largest absolute Gasteiger partial charge is 0.471 e. The van der Waals surface area contributed by atoms with Crippen LogP contribution in [0.2, 0.25) is 0 Å². The average Bonchev–Trinajstić information content (AvgIpc) is 2.12. The van der Waals surface area contributed by atoms with Gasteiger partial charge < -0.3 is 14.7 Å². The molecule has 1 aromatic heterocycles. The summed E-state index contributed by atoms with van der Waals surface area (Å²) in [6, 6.07) is 1.28. The van der Waals surface area contributed by atoms with E-state index in [4.69, 9.17) is 4.74 Å². The van der Waals surface area contributed by atoms with Gasteiger partial charge in [0.25, 0.3) is 0 Å². The highest BCUT2D eigenvalue weighted by Crippen LogP contribution is 2.30. The Morgan fingerprint density at radius 1 is 1.77 bits per heavy atom. The molecule has 70 valence electrons. The summed E-state index contributed by atoms with van der Waals surface area (Å²) in [5, 5.41) is 9.37. The maximum Gasteiger partial charge on any atom is 0.237 e. The van der Waals surface area contributed by atoms with Crippen LogP contribution in [0.1, 0.15) is 0 Å². The maximum absolute atomic E-state index is 12.8. The van der Waals surface area contributed by atoms with Crippen molar-refractivity contribution in [1.82, 2.24) is 4.98 Å². The van der Waals surface area contributed by atoms with Gasteiger partial charge in [-0.3, -0.25) is 0 Å². The van der Waals surface area contributed by atoms with Crippen molar-refractivity contribution in [2.24, 2.45) is 0 Å². The molecular weight excluding hydrogens is 175 g/mol. The normalized spacial score (nSPS) is 20.8. The number of fused-ring (bicyclic) bond motifs is 1. The van der Waals surface area contributed by atoms with Gasteiger partial charge in [-0.2, -0.15) is 0 Å². The fourth-order valence-corrected chi connectivity index (χ4v) is 1.21. The van der Waals surface area contributed by atoms with Crippen molar-refractivity contribution in [3.05, 3.63) is 18.1 Å². The van der Waals surface area contributed by atoms with Crippen LogP contribution in [0.3, 0.4) is 0 Å². The predicted molar refractivity (Wildman–Crippen MR) is 44.1 cm³/mol. The van der Waals surface area contributed by atoms with E-state index < -0.39 is 12.0 Å². The highest BCUT2D eigenvalue weighted by Gasteiger charge is 2.23. The fraction of sp³-hybridized carbons (Fsp3) is 0.375. The fourth-order valence-electron chi connectivity index (χ4n) is 1.21. The molecular formula is C8H9FN2O2. The standard InChI is InChI=1S/C8H9FN2O2/c1-11-6-2-5(9)3-10-8(6)13-4-7(11)12/h2-3,7,12H,4H2,1H3. The number of likely N-dealkylation sites (N-methyl/N-ethyl adjacent to an activating group) is 1. The van der Waals surface area contributed by atoms with E-state index in [1.165, 1.54) is 11.0 Å². The molecule has 0 saturated heterocycles. The van der Waals surface area contributed by atoms with Gasteiger partial charge in [0, 0.05) is 13.1 Å². The number of ether oxygens (including phenoxy) is 1. The Balaban J connectivity index is 2.45. The van der Waals surface area contributed by atoms with E-state index in [-0.39, 0.29) is 6.61 Å². The van der Waals surface area contributed by atoms with Crippen LogP contribution in [0.15, 0.2) is 12.3 Å². The quantitative estimate of drug-likeness (QED) is 0.632. The third kappa shape index (κ3) is 1.31. The number of halogens is 1. The molecule has 4 nitrogen and oxygen atoms in total. The van der Waals surface area contributed by atoms with Crippen LogP contribution in [0.25, 0.3) is 0 Å². The predicted octanol–water partition coefficient (Wildman–Crippen LogP) is 0.368. The second kappa shape index (κ2) is 2.85. The van der Waals surface area contributed by atoms with E-state index >= 15 is 0 Å². The van der Waals surface area contributed by atoms with Crippen molar-refractivity contribution in [2.45, 2.75) is 6.23 Å². The van der Waals surface area contributed by atoms with E-state index in [0.717, 1.165) is 6.20 Å². The van der Waals surface area contributed by atoms with Crippen LogP contribution in [0.5, 0.6) is 5.88 Å². The van der Waals surface area contributed by atoms with Gasteiger partial charge in [-0.15, -0.1) is 0 Å². The molecule has 1 unspecified atom stereocenters. The van der Waals surface area contributed by atoms with E-state index in [1.54, 1.807) is 7.05 Å². The zero-order valence-corrected chi connectivity index (χ0v) is 7.07. The highest BCUT2D eigenvalue weighted by atomic mass is 19.1. The van der Waals surface area contributed by atoms with Crippen molar-refractivity contribution in [1.29, 1.82) is 0 Å². The SMILES string of the molecule is CN1c2cc(F)cnc2OCC1O. The van der Waals surface area contributed by atoms with E-state index in [2.05, 4.69) is 4.98 Å². The highest BCUT2D eigenvalue weighted by molar-refractivity contribution is 5.56. The number of anilines is 1. The lowest BCUT2D eigenvalue weighted by Crippen LogP contribution is -2.40. The first-order chi connectivity index (χ1) is 6.18. The van der Waals surface area contributed by atoms with Crippen molar-refractivity contribution < 1.29 is 14.2 Å². The smallest absolute Gasteiger partial charge is 0.237 e. The number of aliphatic hydroxyl groups is 1. The van der Waals surface area contributed by atoms with Gasteiger partial charge in [0.05, 0.1) is 6.20 Å². The third-order valence-corrected chi connectivity index (χ3v) is 2.00. The molecule has 0 aromatic carbocycles. The Hall–Kier alpha value is -1.36. The van der Waals surface area contributed by atoms with Crippen LogP contribution in [-0.4, -0.2) is 30.0 Å². The summed E-state index contributed by atoms with van der Waals surface area (Å²) in [6.07, 6.45) is 0.348. The number of pyridine rings is 1. The molecule has 1 aliphatic heterocycles. The molecule has 13 heavy (non-hydrogen) atoms. The van der Waals surface area contributed by atoms with Gasteiger partial charge >= 0.3 is 0 Å². The summed E-state index contributed by atoms with van der Waals surface area (Å²) in [7, 11) is 1.66. The van der Waals surface area contributed by atoms with Gasteiger partial charge in [0.1, 0.15) is 18.1 Å². The molecule has 1 atom stereocenters. The lowest BCUT2D eigenvalue weighted by molar-refractivity contribution is 0.0922.